The molecule has 0 aliphatic heterocycles. The topological polar surface area (TPSA) is 43.1 Å². The van der Waals surface area contributed by atoms with Gasteiger partial charge in [0.25, 0.3) is 0 Å². The minimum Gasteiger partial charge on any atom is -0.259 e. The molecule has 0 saturated heterocycles. The lowest BCUT2D eigenvalue weighted by Gasteiger charge is -1.86. The fourth-order valence-electron chi connectivity index (χ4n) is 0.711. The van der Waals surface area contributed by atoms with Crippen LogP contribution < -0.4 is 0 Å². The quantitative estimate of drug-likeness (QED) is 0.475. The van der Waals surface area contributed by atoms with E-state index < -0.39 is 4.92 Å². The van der Waals surface area contributed by atoms with Crippen molar-refractivity contribution in [3.63, 3.8) is 0 Å². The van der Waals surface area contributed by atoms with E-state index in [1.807, 2.05) is 18.2 Å². The van der Waals surface area contributed by atoms with Gasteiger partial charge >= 0.3 is 0 Å². The summed E-state index contributed by atoms with van der Waals surface area (Å²) in [6, 6.07) is 9.14. The van der Waals surface area contributed by atoms with Gasteiger partial charge in [-0.05, 0) is 5.56 Å². The maximum Gasteiger partial charge on any atom is 0.235 e. The van der Waals surface area contributed by atoms with Crippen molar-refractivity contribution in [1.29, 1.82) is 0 Å². The van der Waals surface area contributed by atoms with Crippen LogP contribution in [0.1, 0.15) is 5.56 Å². The number of nitrogens with zero attached hydrogens (tertiary/aromatic N) is 1. The molecule has 0 saturated carbocycles. The van der Waals surface area contributed by atoms with Crippen molar-refractivity contribution in [2.75, 3.05) is 0 Å². The standard InChI is InChI=1S/C8H7NO2/c10-9(11)7-6-8-4-2-1-3-5-8/h1-7H/b7-6+/i7-1. The van der Waals surface area contributed by atoms with E-state index in [0.29, 0.717) is 0 Å². The largest absolute Gasteiger partial charge is 0.259 e. The molecular weight excluding hydrogens is 141 g/mol. The monoisotopic (exact) mass is 148 g/mol. The SMILES string of the molecule is O=[N+]([O-])/[11CH]=C/c1ccccc1. The summed E-state index contributed by atoms with van der Waals surface area (Å²) < 4.78 is 0. The van der Waals surface area contributed by atoms with Gasteiger partial charge in [-0.25, -0.2) is 0 Å². The van der Waals surface area contributed by atoms with Gasteiger partial charge in [0.05, 0.1) is 4.92 Å². The Morgan fingerprint density at radius 3 is 2.45 bits per heavy atom. The zero-order valence-corrected chi connectivity index (χ0v) is 5.81. The first-order valence-electron chi connectivity index (χ1n) is 3.16. The van der Waals surface area contributed by atoms with E-state index in [9.17, 15) is 10.1 Å². The fourth-order valence-corrected chi connectivity index (χ4v) is 0.711. The molecule has 0 radical (unpaired) electrons. The van der Waals surface area contributed by atoms with Crippen molar-refractivity contribution in [2.45, 2.75) is 0 Å². The highest BCUT2D eigenvalue weighted by atomic mass is 16.6. The van der Waals surface area contributed by atoms with Crippen molar-refractivity contribution < 1.29 is 4.92 Å². The maximum absolute atomic E-state index is 9.89. The molecule has 0 bridgehead atoms. The Hall–Kier alpha value is -1.64. The summed E-state index contributed by atoms with van der Waals surface area (Å²) in [6.45, 7) is 0. The zero-order valence-electron chi connectivity index (χ0n) is 5.81. The molecule has 11 heavy (non-hydrogen) atoms. The van der Waals surface area contributed by atoms with Gasteiger partial charge in [-0.3, -0.25) is 10.1 Å². The van der Waals surface area contributed by atoms with Crippen LogP contribution in [0.5, 0.6) is 0 Å². The molecule has 3 heteroatoms. The number of benzene rings is 1. The zero-order chi connectivity index (χ0) is 8.10. The molecule has 0 atom stereocenters. The molecule has 0 aliphatic rings. The van der Waals surface area contributed by atoms with Crippen molar-refractivity contribution in [3.05, 3.63) is 52.2 Å². The first-order valence-corrected chi connectivity index (χ1v) is 3.16. The van der Waals surface area contributed by atoms with Crippen molar-refractivity contribution in [1.82, 2.24) is 0 Å². The number of nitro groups is 1. The first-order chi connectivity index (χ1) is 5.29. The Morgan fingerprint density at radius 2 is 1.91 bits per heavy atom. The molecule has 0 heterocycles. The molecule has 0 spiro atoms. The molecule has 0 unspecified atom stereocenters. The van der Waals surface area contributed by atoms with E-state index in [1.165, 1.54) is 6.08 Å². The summed E-state index contributed by atoms with van der Waals surface area (Å²) in [7, 11) is 0. The molecule has 0 amide bonds. The van der Waals surface area contributed by atoms with E-state index >= 15 is 0 Å². The van der Waals surface area contributed by atoms with Crippen molar-refractivity contribution in [2.24, 2.45) is 0 Å². The second-order valence-corrected chi connectivity index (χ2v) is 2.01. The Kier molecular flexibility index (Phi) is 2.38. The van der Waals surface area contributed by atoms with E-state index in [1.54, 1.807) is 12.1 Å². The van der Waals surface area contributed by atoms with Gasteiger partial charge in [-0.2, -0.15) is 0 Å². The van der Waals surface area contributed by atoms with E-state index in [4.69, 9.17) is 0 Å². The van der Waals surface area contributed by atoms with Crippen molar-refractivity contribution >= 4 is 6.08 Å². The third kappa shape index (κ3) is 2.62. The van der Waals surface area contributed by atoms with Crippen LogP contribution in [0.2, 0.25) is 0 Å². The smallest absolute Gasteiger partial charge is 0.235 e. The average Bonchev–Trinajstić information content (AvgIpc) is 2.03. The van der Waals surface area contributed by atoms with E-state index in [-0.39, 0.29) is 0 Å². The minimum atomic E-state index is -0.479. The van der Waals surface area contributed by atoms with E-state index in [0.717, 1.165) is 11.8 Å². The summed E-state index contributed by atoms with van der Waals surface area (Å²) in [5.41, 5.74) is 0.837. The lowest BCUT2D eigenvalue weighted by Crippen LogP contribution is -1.81. The molecule has 56 valence electrons. The molecular formula is C8H7NO2. The summed E-state index contributed by atoms with van der Waals surface area (Å²) in [4.78, 5) is 9.41. The Labute approximate surface area is 64.1 Å². The van der Waals surface area contributed by atoms with Gasteiger partial charge in [0, 0.05) is 6.08 Å². The third-order valence-corrected chi connectivity index (χ3v) is 1.19. The van der Waals surface area contributed by atoms with Crippen LogP contribution in [0, 0.1) is 10.1 Å². The predicted molar refractivity (Wildman–Crippen MR) is 42.5 cm³/mol. The maximum atomic E-state index is 9.89. The molecule has 0 aromatic heterocycles. The van der Waals surface area contributed by atoms with Gasteiger partial charge in [0.15, 0.2) is 0 Å². The fraction of sp³-hybridized carbons (Fsp3) is 0. The van der Waals surface area contributed by atoms with Crippen LogP contribution in [-0.4, -0.2) is 4.92 Å². The third-order valence-electron chi connectivity index (χ3n) is 1.19. The van der Waals surface area contributed by atoms with Crippen LogP contribution in [0.25, 0.3) is 6.08 Å². The van der Waals surface area contributed by atoms with Gasteiger partial charge in [0.2, 0.25) is 6.20 Å². The first kappa shape index (κ1) is 7.47. The van der Waals surface area contributed by atoms with Crippen LogP contribution in [0.15, 0.2) is 36.5 Å². The van der Waals surface area contributed by atoms with Gasteiger partial charge < -0.3 is 0 Å². The van der Waals surface area contributed by atoms with Crippen molar-refractivity contribution in [3.8, 4) is 0 Å². The Bertz CT molecular complexity index is 267. The van der Waals surface area contributed by atoms with Gasteiger partial charge in [0.1, 0.15) is 0 Å². The predicted octanol–water partition coefficient (Wildman–Crippen LogP) is 1.93. The summed E-state index contributed by atoms with van der Waals surface area (Å²) in [6.07, 6.45) is 2.38. The highest BCUT2D eigenvalue weighted by molar-refractivity contribution is 5.47. The molecule has 0 aliphatic carbocycles. The molecule has 1 aromatic carbocycles. The molecule has 1 aromatic rings. The average molecular weight is 148 g/mol. The van der Waals surface area contributed by atoms with E-state index in [2.05, 4.69) is 0 Å². The normalized spacial score (nSPS) is 10.2. The van der Waals surface area contributed by atoms with Crippen LogP contribution >= 0.6 is 0 Å². The summed E-state index contributed by atoms with van der Waals surface area (Å²) >= 11 is 0. The molecule has 3 nitrogen and oxygen atoms in total. The van der Waals surface area contributed by atoms with Crippen LogP contribution in [-0.2, 0) is 0 Å². The van der Waals surface area contributed by atoms with Crippen LogP contribution in [0.3, 0.4) is 0 Å². The second kappa shape index (κ2) is 3.51. The Balaban J connectivity index is 2.72. The number of hydrogen-bond acceptors (Lipinski definition) is 2. The number of hydrogen-bond donors (Lipinski definition) is 0. The lowest BCUT2D eigenvalue weighted by atomic mass is 10.1. The van der Waals surface area contributed by atoms with Gasteiger partial charge in [-0.1, -0.05) is 30.3 Å². The molecule has 0 fully saturated rings. The highest BCUT2D eigenvalue weighted by Gasteiger charge is 1.86. The highest BCUT2D eigenvalue weighted by Crippen LogP contribution is 1.99. The molecule has 0 N–H and O–H groups in total. The Morgan fingerprint density at radius 1 is 1.27 bits per heavy atom. The summed E-state index contributed by atoms with van der Waals surface area (Å²) in [5, 5.41) is 9.89. The van der Waals surface area contributed by atoms with Crippen LogP contribution in [0.4, 0.5) is 0 Å². The molecule has 1 rings (SSSR count). The summed E-state index contributed by atoms with van der Waals surface area (Å²) in [5.74, 6) is 0. The second-order valence-electron chi connectivity index (χ2n) is 2.01. The van der Waals surface area contributed by atoms with Gasteiger partial charge in [-0.15, -0.1) is 0 Å². The number of rotatable bonds is 2. The minimum absolute atomic E-state index is 0.479. The lowest BCUT2D eigenvalue weighted by molar-refractivity contribution is -0.400.